The molecule has 4 atom stereocenters. The smallest absolute Gasteiger partial charge is 0.407 e. The third kappa shape index (κ3) is 6.07. The molecule has 5 rings (SSSR count). The lowest BCUT2D eigenvalue weighted by Gasteiger charge is -2.33. The zero-order valence-corrected chi connectivity index (χ0v) is 22.2. The van der Waals surface area contributed by atoms with Crippen molar-refractivity contribution in [2.75, 3.05) is 10.6 Å². The average Bonchev–Trinajstić information content (AvgIpc) is 3.37. The van der Waals surface area contributed by atoms with Gasteiger partial charge in [-0.3, -0.25) is 9.78 Å². The summed E-state index contributed by atoms with van der Waals surface area (Å²) in [4.78, 5) is 34.8. The number of anilines is 3. The molecule has 206 valence electrons. The van der Waals surface area contributed by atoms with Crippen molar-refractivity contribution in [2.24, 2.45) is 17.6 Å². The van der Waals surface area contributed by atoms with Gasteiger partial charge in [0.25, 0.3) is 5.91 Å². The van der Waals surface area contributed by atoms with Crippen molar-refractivity contribution in [3.05, 3.63) is 47.8 Å². The van der Waals surface area contributed by atoms with Crippen LogP contribution in [0.15, 0.2) is 30.7 Å². The second kappa shape index (κ2) is 10.1. The molecular weight excluding hydrogens is 505 g/mol. The van der Waals surface area contributed by atoms with E-state index in [2.05, 4.69) is 36.1 Å². The van der Waals surface area contributed by atoms with Crippen molar-refractivity contribution >= 4 is 29.3 Å². The number of rotatable bonds is 7. The number of hydrogen-bond acceptors (Lipinski definition) is 9. The summed E-state index contributed by atoms with van der Waals surface area (Å²) in [7, 11) is 0. The Kier molecular flexibility index (Phi) is 6.83. The van der Waals surface area contributed by atoms with E-state index in [1.54, 1.807) is 45.4 Å². The van der Waals surface area contributed by atoms with Gasteiger partial charge in [0.05, 0.1) is 41.6 Å². The van der Waals surface area contributed by atoms with E-state index in [4.69, 9.17) is 10.5 Å². The van der Waals surface area contributed by atoms with Crippen LogP contribution in [0.4, 0.5) is 26.5 Å². The van der Waals surface area contributed by atoms with Gasteiger partial charge in [-0.25, -0.2) is 14.2 Å². The van der Waals surface area contributed by atoms with Crippen LogP contribution in [0, 0.1) is 24.6 Å². The average molecular weight is 538 g/mol. The van der Waals surface area contributed by atoms with Gasteiger partial charge in [-0.15, -0.1) is 4.80 Å². The van der Waals surface area contributed by atoms with Crippen LogP contribution in [-0.4, -0.2) is 54.6 Å². The molecule has 12 nitrogen and oxygen atoms in total. The van der Waals surface area contributed by atoms with Crippen LogP contribution in [-0.2, 0) is 4.74 Å². The van der Waals surface area contributed by atoms with Crippen LogP contribution in [0.2, 0.25) is 0 Å². The van der Waals surface area contributed by atoms with Gasteiger partial charge in [-0.05, 0) is 70.9 Å². The molecule has 0 bridgehead atoms. The Hall–Kier alpha value is -4.29. The monoisotopic (exact) mass is 537 g/mol. The summed E-state index contributed by atoms with van der Waals surface area (Å²) in [6.07, 6.45) is 6.70. The molecule has 0 aromatic carbocycles. The largest absolute Gasteiger partial charge is 0.444 e. The number of aryl methyl sites for hydroxylation is 1. The Morgan fingerprint density at radius 1 is 1.08 bits per heavy atom. The predicted molar refractivity (Wildman–Crippen MR) is 141 cm³/mol. The number of carbonyl (C=O) groups is 2. The molecule has 3 aromatic heterocycles. The normalized spacial score (nSPS) is 22.0. The number of halogens is 1. The van der Waals surface area contributed by atoms with Gasteiger partial charge in [0, 0.05) is 6.04 Å². The number of aromatic nitrogens is 5. The number of alkyl carbamates (subject to hydrolysis) is 1. The van der Waals surface area contributed by atoms with Gasteiger partial charge in [0.2, 0.25) is 0 Å². The van der Waals surface area contributed by atoms with Gasteiger partial charge in [0.1, 0.15) is 17.1 Å². The van der Waals surface area contributed by atoms with E-state index < -0.39 is 23.4 Å². The summed E-state index contributed by atoms with van der Waals surface area (Å²) < 4.78 is 20.6. The molecule has 2 aliphatic carbocycles. The molecule has 3 heterocycles. The van der Waals surface area contributed by atoms with E-state index in [0.29, 0.717) is 28.9 Å². The second-order valence-electron chi connectivity index (χ2n) is 11.1. The van der Waals surface area contributed by atoms with Crippen LogP contribution >= 0.6 is 0 Å². The third-order valence-electron chi connectivity index (χ3n) is 6.89. The number of nitrogens with two attached hydrogens (primary N) is 1. The first-order chi connectivity index (χ1) is 18.5. The fourth-order valence-electron chi connectivity index (χ4n) is 4.96. The SMILES string of the molecule is Cc1ncc(Nc2nc(N[C@@H]3CC4CC4C[C@@H]3NC(=O)OC(C)(C)C)c(F)cc2C(N)=O)cc1-n1nccn1. The summed E-state index contributed by atoms with van der Waals surface area (Å²) >= 11 is 0. The van der Waals surface area contributed by atoms with Crippen molar-refractivity contribution in [1.29, 1.82) is 0 Å². The number of primary amides is 1. The number of amides is 2. The Bertz CT molecular complexity index is 1390. The number of ether oxygens (including phenoxy) is 1. The minimum Gasteiger partial charge on any atom is -0.444 e. The highest BCUT2D eigenvalue weighted by molar-refractivity contribution is 5.98. The van der Waals surface area contributed by atoms with E-state index in [1.807, 2.05) is 6.92 Å². The molecule has 3 aromatic rings. The Morgan fingerprint density at radius 2 is 1.77 bits per heavy atom. The number of fused-ring (bicyclic) bond motifs is 1. The van der Waals surface area contributed by atoms with Gasteiger partial charge in [-0.1, -0.05) is 0 Å². The van der Waals surface area contributed by atoms with E-state index in [1.165, 1.54) is 4.80 Å². The van der Waals surface area contributed by atoms with Crippen molar-refractivity contribution < 1.29 is 18.7 Å². The van der Waals surface area contributed by atoms with E-state index in [-0.39, 0.29) is 29.3 Å². The van der Waals surface area contributed by atoms with Crippen LogP contribution in [0.3, 0.4) is 0 Å². The highest BCUT2D eigenvalue weighted by Crippen LogP contribution is 2.50. The van der Waals surface area contributed by atoms with Crippen molar-refractivity contribution in [3.63, 3.8) is 0 Å². The summed E-state index contributed by atoms with van der Waals surface area (Å²) in [5.41, 5.74) is 6.56. The van der Waals surface area contributed by atoms with Crippen molar-refractivity contribution in [3.8, 4) is 5.69 Å². The molecule has 2 fully saturated rings. The topological polar surface area (TPSA) is 162 Å². The number of carbonyl (C=O) groups excluding carboxylic acids is 2. The highest BCUT2D eigenvalue weighted by Gasteiger charge is 2.47. The van der Waals surface area contributed by atoms with Crippen molar-refractivity contribution in [1.82, 2.24) is 30.3 Å². The van der Waals surface area contributed by atoms with Crippen LogP contribution in [0.5, 0.6) is 0 Å². The maximum atomic E-state index is 15.2. The fourth-order valence-corrected chi connectivity index (χ4v) is 4.96. The van der Waals surface area contributed by atoms with E-state index in [0.717, 1.165) is 25.3 Å². The van der Waals surface area contributed by atoms with Crippen molar-refractivity contribution in [2.45, 2.75) is 64.6 Å². The van der Waals surface area contributed by atoms with Gasteiger partial charge >= 0.3 is 6.09 Å². The number of nitrogens with one attached hydrogen (secondary N) is 3. The Labute approximate surface area is 224 Å². The zero-order chi connectivity index (χ0) is 27.9. The molecule has 2 amide bonds. The second-order valence-corrected chi connectivity index (χ2v) is 11.1. The van der Waals surface area contributed by atoms with Gasteiger partial charge < -0.3 is 26.4 Å². The fraction of sp³-hybridized carbons (Fsp3) is 0.462. The molecule has 2 unspecified atom stereocenters. The van der Waals surface area contributed by atoms with E-state index in [9.17, 15) is 9.59 Å². The molecule has 0 saturated heterocycles. The zero-order valence-electron chi connectivity index (χ0n) is 22.2. The number of hydrogen-bond donors (Lipinski definition) is 4. The molecule has 2 saturated carbocycles. The molecular formula is C26H32FN9O3. The van der Waals surface area contributed by atoms with Crippen LogP contribution in [0.25, 0.3) is 5.69 Å². The molecule has 0 aliphatic heterocycles. The molecule has 5 N–H and O–H groups in total. The third-order valence-corrected chi connectivity index (χ3v) is 6.89. The summed E-state index contributed by atoms with van der Waals surface area (Å²) in [5.74, 6) is -0.524. The van der Waals surface area contributed by atoms with E-state index >= 15 is 4.39 Å². The molecule has 13 heteroatoms. The minimum absolute atomic E-state index is 0.0587. The minimum atomic E-state index is -0.840. The maximum Gasteiger partial charge on any atom is 0.407 e. The highest BCUT2D eigenvalue weighted by atomic mass is 19.1. The standard InChI is InChI=1S/C26H32FN9O3/c1-13-21(36-30-5-6-31-36)10-16(12-29-13)32-23-17(22(28)37)11-18(27)24(35-23)33-19-8-14-7-15(14)9-20(19)34-25(38)39-26(2,3)4/h5-6,10-12,14-15,19-20H,7-9H2,1-4H3,(H2,28,37)(H,34,38)(H2,32,33,35)/t14?,15?,19-,20+/m1/s1. The number of nitrogens with zero attached hydrogens (tertiary/aromatic N) is 5. The number of pyridine rings is 2. The lowest BCUT2D eigenvalue weighted by Crippen LogP contribution is -2.50. The Balaban J connectivity index is 1.40. The summed E-state index contributed by atoms with van der Waals surface area (Å²) in [5, 5.41) is 17.4. The predicted octanol–water partition coefficient (Wildman–Crippen LogP) is 3.45. The quantitative estimate of drug-likeness (QED) is 0.354. The maximum absolute atomic E-state index is 15.2. The molecule has 2 aliphatic rings. The summed E-state index contributed by atoms with van der Waals surface area (Å²) in [6, 6.07) is 2.23. The first kappa shape index (κ1) is 26.3. The van der Waals surface area contributed by atoms with Gasteiger partial charge in [-0.2, -0.15) is 10.2 Å². The van der Waals surface area contributed by atoms with Crippen LogP contribution in [0.1, 0.15) is 56.1 Å². The molecule has 0 spiro atoms. The first-order valence-corrected chi connectivity index (χ1v) is 12.8. The van der Waals surface area contributed by atoms with Gasteiger partial charge in [0.15, 0.2) is 11.6 Å². The molecule has 0 radical (unpaired) electrons. The Morgan fingerprint density at radius 3 is 2.44 bits per heavy atom. The first-order valence-electron chi connectivity index (χ1n) is 12.8. The summed E-state index contributed by atoms with van der Waals surface area (Å²) in [6.45, 7) is 7.21. The van der Waals surface area contributed by atoms with Crippen LogP contribution < -0.4 is 21.7 Å². The molecule has 39 heavy (non-hydrogen) atoms. The lowest BCUT2D eigenvalue weighted by atomic mass is 9.90. The lowest BCUT2D eigenvalue weighted by molar-refractivity contribution is 0.0487.